The first-order valence-corrected chi connectivity index (χ1v) is 6.96. The number of hydrogen-bond acceptors (Lipinski definition) is 1. The zero-order valence-corrected chi connectivity index (χ0v) is 11.3. The van der Waals surface area contributed by atoms with Crippen LogP contribution in [0.1, 0.15) is 41.9 Å². The van der Waals surface area contributed by atoms with Crippen LogP contribution < -0.4 is 0 Å². The van der Waals surface area contributed by atoms with Crippen LogP contribution in [0.2, 0.25) is 0 Å². The Morgan fingerprint density at radius 1 is 1.32 bits per heavy atom. The van der Waals surface area contributed by atoms with Gasteiger partial charge in [-0.15, -0.1) is 0 Å². The average molecular weight is 254 g/mol. The van der Waals surface area contributed by atoms with E-state index >= 15 is 0 Å². The van der Waals surface area contributed by atoms with Gasteiger partial charge < -0.3 is 4.90 Å². The van der Waals surface area contributed by atoms with Crippen molar-refractivity contribution in [3.05, 3.63) is 40.2 Å². The molecule has 0 aromatic heterocycles. The van der Waals surface area contributed by atoms with E-state index in [0.29, 0.717) is 6.42 Å². The van der Waals surface area contributed by atoms with Crippen molar-refractivity contribution in [1.82, 2.24) is 4.90 Å². The van der Waals surface area contributed by atoms with Crippen LogP contribution in [0.25, 0.3) is 4.85 Å². The highest BCUT2D eigenvalue weighted by Crippen LogP contribution is 2.40. The Morgan fingerprint density at radius 2 is 2.11 bits per heavy atom. The van der Waals surface area contributed by atoms with E-state index in [2.05, 4.69) is 10.9 Å². The summed E-state index contributed by atoms with van der Waals surface area (Å²) < 4.78 is 0. The van der Waals surface area contributed by atoms with Crippen LogP contribution >= 0.6 is 0 Å². The van der Waals surface area contributed by atoms with Crippen LogP contribution in [0.3, 0.4) is 0 Å². The van der Waals surface area contributed by atoms with Crippen molar-refractivity contribution in [2.24, 2.45) is 0 Å². The minimum Gasteiger partial charge on any atom is -0.345 e. The van der Waals surface area contributed by atoms with E-state index in [-0.39, 0.29) is 11.8 Å². The van der Waals surface area contributed by atoms with Gasteiger partial charge in [-0.05, 0) is 36.8 Å². The van der Waals surface area contributed by atoms with Crippen LogP contribution in [0.4, 0.5) is 5.69 Å². The Labute approximate surface area is 114 Å². The number of aryl methyl sites for hydroxylation is 1. The van der Waals surface area contributed by atoms with Crippen molar-refractivity contribution in [3.8, 4) is 0 Å². The summed E-state index contributed by atoms with van der Waals surface area (Å²) in [6.07, 6.45) is 5.21. The molecule has 0 radical (unpaired) electrons. The van der Waals surface area contributed by atoms with E-state index in [1.165, 1.54) is 29.5 Å². The number of likely N-dealkylation sites (N-methyl/N-ethyl adjacent to an activating group) is 1. The van der Waals surface area contributed by atoms with Crippen molar-refractivity contribution in [2.45, 2.75) is 38.0 Å². The highest BCUT2D eigenvalue weighted by molar-refractivity contribution is 5.80. The standard InChI is InChI=1S/C16H18N2O/c1-17-14-8-7-11-5-3-4-6-13(11)16(14)12-9-15(19)18(2)10-12/h7-8,12H,3-6,9-10H2,2H3/t12-/m0/s1. The quantitative estimate of drug-likeness (QED) is 0.707. The van der Waals surface area contributed by atoms with Crippen molar-refractivity contribution < 1.29 is 4.79 Å². The van der Waals surface area contributed by atoms with Crippen molar-refractivity contribution in [3.63, 3.8) is 0 Å². The fourth-order valence-electron chi connectivity index (χ4n) is 3.45. The summed E-state index contributed by atoms with van der Waals surface area (Å²) in [6, 6.07) is 4.07. The number of fused-ring (bicyclic) bond motifs is 1. The summed E-state index contributed by atoms with van der Waals surface area (Å²) in [5.41, 5.74) is 4.70. The predicted octanol–water partition coefficient (Wildman–Crippen LogP) is 3.06. The van der Waals surface area contributed by atoms with Crippen LogP contribution in [-0.4, -0.2) is 24.4 Å². The van der Waals surface area contributed by atoms with Gasteiger partial charge >= 0.3 is 0 Å². The largest absolute Gasteiger partial charge is 0.345 e. The zero-order valence-electron chi connectivity index (χ0n) is 11.3. The summed E-state index contributed by atoms with van der Waals surface area (Å²) >= 11 is 0. The minimum absolute atomic E-state index is 0.203. The van der Waals surface area contributed by atoms with Crippen molar-refractivity contribution in [1.29, 1.82) is 0 Å². The summed E-state index contributed by atoms with van der Waals surface area (Å²) in [4.78, 5) is 17.3. The number of amides is 1. The van der Waals surface area contributed by atoms with Gasteiger partial charge in [-0.25, -0.2) is 4.85 Å². The smallest absolute Gasteiger partial charge is 0.222 e. The van der Waals surface area contributed by atoms with E-state index in [4.69, 9.17) is 6.57 Å². The first-order chi connectivity index (χ1) is 9.20. The van der Waals surface area contributed by atoms with Gasteiger partial charge in [0.05, 0.1) is 6.57 Å². The lowest BCUT2D eigenvalue weighted by Gasteiger charge is -2.23. The van der Waals surface area contributed by atoms with Crippen molar-refractivity contribution >= 4 is 11.6 Å². The Hall–Kier alpha value is -1.82. The van der Waals surface area contributed by atoms with Gasteiger partial charge in [-0.1, -0.05) is 17.7 Å². The Bertz CT molecular complexity index is 571. The molecule has 1 heterocycles. The third-order valence-electron chi connectivity index (χ3n) is 4.42. The molecule has 1 saturated heterocycles. The van der Waals surface area contributed by atoms with E-state index in [9.17, 15) is 4.79 Å². The molecular formula is C16H18N2O. The number of likely N-dealkylation sites (tertiary alicyclic amines) is 1. The van der Waals surface area contributed by atoms with Crippen molar-refractivity contribution in [2.75, 3.05) is 13.6 Å². The molecule has 1 aliphatic carbocycles. The SMILES string of the molecule is [C-]#[N+]c1ccc2c(c1[C@H]1CC(=O)N(C)C1)CCCC2. The maximum absolute atomic E-state index is 11.8. The maximum atomic E-state index is 11.8. The summed E-state index contributed by atoms with van der Waals surface area (Å²) in [5.74, 6) is 0.420. The molecule has 3 rings (SSSR count). The Morgan fingerprint density at radius 3 is 2.79 bits per heavy atom. The second kappa shape index (κ2) is 4.70. The van der Waals surface area contributed by atoms with Crippen LogP contribution in [-0.2, 0) is 17.6 Å². The van der Waals surface area contributed by atoms with E-state index < -0.39 is 0 Å². The summed E-state index contributed by atoms with van der Waals surface area (Å²) in [6.45, 7) is 8.15. The molecule has 2 aliphatic rings. The molecule has 1 aliphatic heterocycles. The van der Waals surface area contributed by atoms with E-state index in [0.717, 1.165) is 25.1 Å². The number of carbonyl (C=O) groups is 1. The second-order valence-electron chi connectivity index (χ2n) is 5.63. The number of hydrogen-bond donors (Lipinski definition) is 0. The molecule has 3 heteroatoms. The lowest BCUT2D eigenvalue weighted by molar-refractivity contribution is -0.126. The molecule has 1 aromatic rings. The van der Waals surface area contributed by atoms with E-state index in [1.54, 1.807) is 4.90 Å². The number of benzene rings is 1. The average Bonchev–Trinajstić information content (AvgIpc) is 2.77. The highest BCUT2D eigenvalue weighted by atomic mass is 16.2. The van der Waals surface area contributed by atoms with Gasteiger partial charge in [0.2, 0.25) is 5.91 Å². The molecule has 1 aromatic carbocycles. The zero-order chi connectivity index (χ0) is 13.4. The lowest BCUT2D eigenvalue weighted by Crippen LogP contribution is -2.19. The fraction of sp³-hybridized carbons (Fsp3) is 0.500. The summed E-state index contributed by atoms with van der Waals surface area (Å²) in [7, 11) is 1.86. The maximum Gasteiger partial charge on any atom is 0.222 e. The fourth-order valence-corrected chi connectivity index (χ4v) is 3.45. The molecule has 1 fully saturated rings. The van der Waals surface area contributed by atoms with Crippen LogP contribution in [0.5, 0.6) is 0 Å². The number of nitrogens with zero attached hydrogens (tertiary/aromatic N) is 2. The Kier molecular flexibility index (Phi) is 3.02. The van der Waals surface area contributed by atoms with Gasteiger partial charge in [0.1, 0.15) is 0 Å². The third kappa shape index (κ3) is 2.02. The van der Waals surface area contributed by atoms with Gasteiger partial charge in [0.25, 0.3) is 0 Å². The molecule has 19 heavy (non-hydrogen) atoms. The first-order valence-electron chi connectivity index (χ1n) is 6.96. The summed E-state index contributed by atoms with van der Waals surface area (Å²) in [5, 5.41) is 0. The minimum atomic E-state index is 0.203. The number of rotatable bonds is 1. The van der Waals surface area contributed by atoms with Gasteiger partial charge in [-0.3, -0.25) is 4.79 Å². The van der Waals surface area contributed by atoms with Gasteiger partial charge in [0.15, 0.2) is 5.69 Å². The molecular weight excluding hydrogens is 236 g/mol. The van der Waals surface area contributed by atoms with Gasteiger partial charge in [0, 0.05) is 25.9 Å². The highest BCUT2D eigenvalue weighted by Gasteiger charge is 2.32. The predicted molar refractivity (Wildman–Crippen MR) is 74.3 cm³/mol. The third-order valence-corrected chi connectivity index (χ3v) is 4.42. The molecule has 0 spiro atoms. The molecule has 1 amide bonds. The number of carbonyl (C=O) groups excluding carboxylic acids is 1. The van der Waals surface area contributed by atoms with Crippen LogP contribution in [0, 0.1) is 6.57 Å². The Balaban J connectivity index is 2.08. The second-order valence-corrected chi connectivity index (χ2v) is 5.63. The molecule has 0 saturated carbocycles. The normalized spacial score (nSPS) is 22.2. The lowest BCUT2D eigenvalue weighted by atomic mass is 9.82. The molecule has 98 valence electrons. The molecule has 0 unspecified atom stereocenters. The van der Waals surface area contributed by atoms with Crippen LogP contribution in [0.15, 0.2) is 12.1 Å². The molecule has 3 nitrogen and oxygen atoms in total. The molecule has 1 atom stereocenters. The van der Waals surface area contributed by atoms with E-state index in [1.807, 2.05) is 13.1 Å². The molecule has 0 bridgehead atoms. The monoisotopic (exact) mass is 254 g/mol. The first kappa shape index (κ1) is 12.2. The topological polar surface area (TPSA) is 24.7 Å². The molecule has 0 N–H and O–H groups in total. The van der Waals surface area contributed by atoms with Gasteiger partial charge in [-0.2, -0.15) is 0 Å².